The molecule has 0 radical (unpaired) electrons. The van der Waals surface area contributed by atoms with Crippen LogP contribution in [0.15, 0.2) is 5.38 Å². The minimum atomic E-state index is 0.217. The number of hydrogen-bond donors (Lipinski definition) is 1. The number of rotatable bonds is 4. The molecule has 1 saturated carbocycles. The number of thiazole rings is 1. The van der Waals surface area contributed by atoms with E-state index < -0.39 is 0 Å². The summed E-state index contributed by atoms with van der Waals surface area (Å²) < 4.78 is 0. The fraction of sp³-hybridized carbons (Fsp3) is 0.833. The van der Waals surface area contributed by atoms with Gasteiger partial charge < -0.3 is 5.32 Å². The second-order valence-electron chi connectivity index (χ2n) is 8.62. The van der Waals surface area contributed by atoms with Gasteiger partial charge in [-0.25, -0.2) is 4.98 Å². The number of hydrogen-bond acceptors (Lipinski definition) is 3. The summed E-state index contributed by atoms with van der Waals surface area (Å²) >= 11 is 1.78. The lowest BCUT2D eigenvalue weighted by molar-refractivity contribution is 0.111. The van der Waals surface area contributed by atoms with Gasteiger partial charge in [-0.15, -0.1) is 11.3 Å². The van der Waals surface area contributed by atoms with Crippen LogP contribution in [0.1, 0.15) is 64.6 Å². The van der Waals surface area contributed by atoms with Crippen molar-refractivity contribution in [1.29, 1.82) is 0 Å². The lowest BCUT2D eigenvalue weighted by Gasteiger charge is -2.42. The molecule has 1 aliphatic carbocycles. The van der Waals surface area contributed by atoms with E-state index in [-0.39, 0.29) is 5.54 Å². The van der Waals surface area contributed by atoms with Crippen molar-refractivity contribution in [3.63, 3.8) is 0 Å². The molecule has 2 unspecified atom stereocenters. The van der Waals surface area contributed by atoms with Gasteiger partial charge in [-0.2, -0.15) is 0 Å². The molecule has 0 bridgehead atoms. The van der Waals surface area contributed by atoms with Gasteiger partial charge in [0.1, 0.15) is 0 Å². The fourth-order valence-corrected chi connectivity index (χ4v) is 4.13. The van der Waals surface area contributed by atoms with E-state index in [1.165, 1.54) is 30.0 Å². The second kappa shape index (κ2) is 6.37. The van der Waals surface area contributed by atoms with Gasteiger partial charge in [0.2, 0.25) is 0 Å². The molecule has 2 nitrogen and oxygen atoms in total. The van der Waals surface area contributed by atoms with Gasteiger partial charge in [-0.05, 0) is 77.2 Å². The molecule has 1 N–H and O–H groups in total. The summed E-state index contributed by atoms with van der Waals surface area (Å²) in [7, 11) is 0. The topological polar surface area (TPSA) is 24.9 Å². The lowest BCUT2D eigenvalue weighted by Crippen LogP contribution is -2.43. The van der Waals surface area contributed by atoms with Crippen LogP contribution in [0.4, 0.5) is 0 Å². The first-order chi connectivity index (χ1) is 9.65. The Kier molecular flexibility index (Phi) is 5.15. The summed E-state index contributed by atoms with van der Waals surface area (Å²) in [5.41, 5.74) is 2.02. The Morgan fingerprint density at radius 1 is 1.33 bits per heavy atom. The van der Waals surface area contributed by atoms with Crippen LogP contribution in [0.2, 0.25) is 0 Å². The van der Waals surface area contributed by atoms with E-state index in [2.05, 4.69) is 52.2 Å². The van der Waals surface area contributed by atoms with Gasteiger partial charge in [0.15, 0.2) is 0 Å². The molecule has 0 aromatic carbocycles. The molecule has 1 fully saturated rings. The molecule has 2 atom stereocenters. The molecule has 0 saturated heterocycles. The first kappa shape index (κ1) is 17.0. The van der Waals surface area contributed by atoms with Crippen molar-refractivity contribution in [2.45, 2.75) is 72.8 Å². The third-order valence-electron chi connectivity index (χ3n) is 4.71. The first-order valence-electron chi connectivity index (χ1n) is 8.31. The van der Waals surface area contributed by atoms with Crippen molar-refractivity contribution >= 4 is 11.3 Å². The minimum absolute atomic E-state index is 0.217. The maximum absolute atomic E-state index is 4.69. The standard InChI is InChI=1S/C18H32N2S/c1-13-20-16(12-21-13)9-15-10-18(5,6)8-7-14(15)11-19-17(2,3)4/h12,14-15,19H,7-11H2,1-6H3. The van der Waals surface area contributed by atoms with Gasteiger partial charge in [0.25, 0.3) is 0 Å². The van der Waals surface area contributed by atoms with Crippen molar-refractivity contribution in [2.75, 3.05) is 6.54 Å². The Bertz CT molecular complexity index is 456. The van der Waals surface area contributed by atoms with E-state index in [1.54, 1.807) is 11.3 Å². The van der Waals surface area contributed by atoms with E-state index in [1.807, 2.05) is 0 Å². The summed E-state index contributed by atoms with van der Waals surface area (Å²) in [6, 6.07) is 0. The maximum atomic E-state index is 4.69. The minimum Gasteiger partial charge on any atom is -0.312 e. The smallest absolute Gasteiger partial charge is 0.0897 e. The molecule has 1 aromatic rings. The highest BCUT2D eigenvalue weighted by atomic mass is 32.1. The molecule has 21 heavy (non-hydrogen) atoms. The molecular weight excluding hydrogens is 276 g/mol. The highest BCUT2D eigenvalue weighted by Gasteiger charge is 2.35. The zero-order valence-corrected chi connectivity index (χ0v) is 15.4. The fourth-order valence-electron chi connectivity index (χ4n) is 3.51. The van der Waals surface area contributed by atoms with E-state index >= 15 is 0 Å². The highest BCUT2D eigenvalue weighted by molar-refractivity contribution is 7.09. The first-order valence-corrected chi connectivity index (χ1v) is 9.19. The molecule has 0 spiro atoms. The Morgan fingerprint density at radius 3 is 2.62 bits per heavy atom. The molecule has 1 heterocycles. The molecule has 0 aliphatic heterocycles. The van der Waals surface area contributed by atoms with Crippen molar-refractivity contribution in [2.24, 2.45) is 17.3 Å². The number of nitrogens with one attached hydrogen (secondary N) is 1. The molecule has 1 aromatic heterocycles. The lowest BCUT2D eigenvalue weighted by atomic mass is 9.66. The average Bonchev–Trinajstić information content (AvgIpc) is 2.71. The summed E-state index contributed by atoms with van der Waals surface area (Å²) in [4.78, 5) is 4.69. The number of aromatic nitrogens is 1. The van der Waals surface area contributed by atoms with Gasteiger partial charge in [0, 0.05) is 10.9 Å². The molecule has 120 valence electrons. The van der Waals surface area contributed by atoms with Crippen molar-refractivity contribution in [1.82, 2.24) is 10.3 Å². The van der Waals surface area contributed by atoms with Crippen LogP contribution in [0, 0.1) is 24.2 Å². The van der Waals surface area contributed by atoms with Crippen LogP contribution >= 0.6 is 11.3 Å². The normalized spacial score (nSPS) is 26.0. The van der Waals surface area contributed by atoms with Crippen molar-refractivity contribution < 1.29 is 0 Å². The predicted octanol–water partition coefficient (Wildman–Crippen LogP) is 4.82. The third kappa shape index (κ3) is 5.37. The van der Waals surface area contributed by atoms with Crippen LogP contribution in [-0.4, -0.2) is 17.1 Å². The Labute approximate surface area is 134 Å². The quantitative estimate of drug-likeness (QED) is 0.862. The third-order valence-corrected chi connectivity index (χ3v) is 5.53. The second-order valence-corrected chi connectivity index (χ2v) is 9.68. The van der Waals surface area contributed by atoms with E-state index in [9.17, 15) is 0 Å². The van der Waals surface area contributed by atoms with Gasteiger partial charge in [0.05, 0.1) is 10.7 Å². The largest absolute Gasteiger partial charge is 0.312 e. The van der Waals surface area contributed by atoms with Crippen LogP contribution in [0.25, 0.3) is 0 Å². The molecular formula is C18H32N2S. The Hall–Kier alpha value is -0.410. The Morgan fingerprint density at radius 2 is 2.05 bits per heavy atom. The summed E-state index contributed by atoms with van der Waals surface area (Å²) in [5, 5.41) is 7.18. The average molecular weight is 309 g/mol. The number of nitrogens with zero attached hydrogens (tertiary/aromatic N) is 1. The van der Waals surface area contributed by atoms with Gasteiger partial charge in [-0.1, -0.05) is 13.8 Å². The summed E-state index contributed by atoms with van der Waals surface area (Å²) in [6.45, 7) is 14.9. The van der Waals surface area contributed by atoms with Crippen LogP contribution in [-0.2, 0) is 6.42 Å². The van der Waals surface area contributed by atoms with Crippen molar-refractivity contribution in [3.8, 4) is 0 Å². The van der Waals surface area contributed by atoms with E-state index in [0.29, 0.717) is 5.41 Å². The molecule has 1 aliphatic rings. The van der Waals surface area contributed by atoms with Crippen LogP contribution < -0.4 is 5.32 Å². The zero-order valence-electron chi connectivity index (χ0n) is 14.6. The van der Waals surface area contributed by atoms with Crippen LogP contribution in [0.3, 0.4) is 0 Å². The monoisotopic (exact) mass is 308 g/mol. The Balaban J connectivity index is 2.03. The van der Waals surface area contributed by atoms with Crippen molar-refractivity contribution in [3.05, 3.63) is 16.1 Å². The SMILES string of the molecule is Cc1nc(CC2CC(C)(C)CCC2CNC(C)(C)C)cs1. The van der Waals surface area contributed by atoms with E-state index in [0.717, 1.165) is 24.8 Å². The summed E-state index contributed by atoms with van der Waals surface area (Å²) in [5.74, 6) is 1.56. The highest BCUT2D eigenvalue weighted by Crippen LogP contribution is 2.43. The zero-order chi connectivity index (χ0) is 15.7. The predicted molar refractivity (Wildman–Crippen MR) is 92.9 cm³/mol. The van der Waals surface area contributed by atoms with Gasteiger partial charge >= 0.3 is 0 Å². The molecule has 0 amide bonds. The van der Waals surface area contributed by atoms with Crippen LogP contribution in [0.5, 0.6) is 0 Å². The van der Waals surface area contributed by atoms with Gasteiger partial charge in [-0.3, -0.25) is 0 Å². The summed E-state index contributed by atoms with van der Waals surface area (Å²) in [6.07, 6.45) is 5.20. The molecule has 3 heteroatoms. The van der Waals surface area contributed by atoms with E-state index in [4.69, 9.17) is 4.98 Å². The number of aryl methyl sites for hydroxylation is 1. The maximum Gasteiger partial charge on any atom is 0.0897 e. The molecule has 2 rings (SSSR count).